The molecule has 6 nitrogen and oxygen atoms in total. The number of carbonyl (C=O) groups is 1. The second-order valence-electron chi connectivity index (χ2n) is 6.51. The Hall–Kier alpha value is -3.72. The summed E-state index contributed by atoms with van der Waals surface area (Å²) in [6.45, 7) is 3.26. The first-order chi connectivity index (χ1) is 14.8. The number of carbonyl (C=O) groups excluding carboxylic acids is 1. The highest BCUT2D eigenvalue weighted by Gasteiger charge is 2.02. The third kappa shape index (κ3) is 6.42. The van der Waals surface area contributed by atoms with Crippen LogP contribution in [0.25, 0.3) is 10.9 Å². The summed E-state index contributed by atoms with van der Waals surface area (Å²) in [7, 11) is 0. The number of hydrogen-bond donors (Lipinski definition) is 2. The van der Waals surface area contributed by atoms with E-state index in [9.17, 15) is 4.79 Å². The number of pyridine rings is 1. The van der Waals surface area contributed by atoms with E-state index in [1.165, 1.54) is 0 Å². The van der Waals surface area contributed by atoms with Crippen LogP contribution in [0.1, 0.15) is 19.8 Å². The van der Waals surface area contributed by atoms with E-state index < -0.39 is 0 Å². The summed E-state index contributed by atoms with van der Waals surface area (Å²) in [5, 5.41) is 6.47. The molecule has 2 amide bonds. The Balaban J connectivity index is 1.38. The number of hydrogen-bond acceptors (Lipinski definition) is 4. The number of rotatable bonds is 8. The molecule has 154 valence electrons. The van der Waals surface area contributed by atoms with Crippen molar-refractivity contribution in [3.05, 3.63) is 60.8 Å². The highest BCUT2D eigenvalue weighted by molar-refractivity contribution is 5.89. The van der Waals surface area contributed by atoms with Crippen LogP contribution in [0.2, 0.25) is 0 Å². The molecule has 1 aromatic heterocycles. The molecule has 3 rings (SSSR count). The predicted octanol–water partition coefficient (Wildman–Crippen LogP) is 4.62. The second-order valence-corrected chi connectivity index (χ2v) is 6.51. The number of unbranched alkanes of at least 4 members (excludes halogenated alkanes) is 1. The van der Waals surface area contributed by atoms with Crippen molar-refractivity contribution in [1.29, 1.82) is 0 Å². The van der Waals surface area contributed by atoms with Crippen molar-refractivity contribution in [2.45, 2.75) is 19.8 Å². The van der Waals surface area contributed by atoms with Crippen LogP contribution in [0.5, 0.6) is 11.5 Å². The predicted molar refractivity (Wildman–Crippen MR) is 119 cm³/mol. The van der Waals surface area contributed by atoms with E-state index in [1.807, 2.05) is 42.5 Å². The van der Waals surface area contributed by atoms with Gasteiger partial charge in [-0.1, -0.05) is 43.4 Å². The standard InChI is InChI=1S/C24H25N3O3/c1-2-3-17-29-21-13-11-20(12-14-21)27-24(28)26-15-4-5-18-30-22-10-6-8-19-9-7-16-25-23(19)22/h6-14,16H,2-3,15,17-18H2,1H3,(H2,26,27,28). The van der Waals surface area contributed by atoms with Gasteiger partial charge in [0.2, 0.25) is 0 Å². The van der Waals surface area contributed by atoms with Crippen LogP contribution in [0.4, 0.5) is 10.5 Å². The fourth-order valence-electron chi connectivity index (χ4n) is 2.69. The topological polar surface area (TPSA) is 72.5 Å². The van der Waals surface area contributed by atoms with Crippen molar-refractivity contribution >= 4 is 22.6 Å². The molecule has 1 heterocycles. The lowest BCUT2D eigenvalue weighted by Gasteiger charge is -2.08. The molecule has 0 spiro atoms. The maximum Gasteiger partial charge on any atom is 0.319 e. The molecule has 2 N–H and O–H groups in total. The molecule has 3 aromatic rings. The number of fused-ring (bicyclic) bond motifs is 1. The first-order valence-corrected chi connectivity index (χ1v) is 9.96. The van der Waals surface area contributed by atoms with Gasteiger partial charge in [-0.15, -0.1) is 0 Å². The lowest BCUT2D eigenvalue weighted by Crippen LogP contribution is -2.28. The number of para-hydroxylation sites is 1. The van der Waals surface area contributed by atoms with E-state index in [0.29, 0.717) is 18.0 Å². The summed E-state index contributed by atoms with van der Waals surface area (Å²) in [6.07, 6.45) is 3.85. The van der Waals surface area contributed by atoms with Crippen LogP contribution in [-0.2, 0) is 0 Å². The lowest BCUT2D eigenvalue weighted by atomic mass is 10.2. The second kappa shape index (κ2) is 11.3. The zero-order chi connectivity index (χ0) is 21.0. The fourth-order valence-corrected chi connectivity index (χ4v) is 2.69. The summed E-state index contributed by atoms with van der Waals surface area (Å²) in [5.74, 6) is 7.24. The van der Waals surface area contributed by atoms with Crippen molar-refractivity contribution in [1.82, 2.24) is 10.3 Å². The molecule has 0 unspecified atom stereocenters. The highest BCUT2D eigenvalue weighted by Crippen LogP contribution is 2.22. The van der Waals surface area contributed by atoms with Crippen LogP contribution in [0.3, 0.4) is 0 Å². The zero-order valence-electron chi connectivity index (χ0n) is 17.0. The maximum atomic E-state index is 11.9. The van der Waals surface area contributed by atoms with E-state index in [-0.39, 0.29) is 19.2 Å². The third-order valence-corrected chi connectivity index (χ3v) is 4.24. The number of aromatic nitrogens is 1. The lowest BCUT2D eigenvalue weighted by molar-refractivity contribution is 0.253. The quantitative estimate of drug-likeness (QED) is 0.425. The number of urea groups is 1. The van der Waals surface area contributed by atoms with E-state index >= 15 is 0 Å². The first-order valence-electron chi connectivity index (χ1n) is 9.96. The molecule has 0 aliphatic rings. The van der Waals surface area contributed by atoms with Gasteiger partial charge in [0.15, 0.2) is 0 Å². The molecule has 2 aromatic carbocycles. The van der Waals surface area contributed by atoms with Crippen molar-refractivity contribution in [3.63, 3.8) is 0 Å². The summed E-state index contributed by atoms with van der Waals surface area (Å²) < 4.78 is 11.3. The molecular formula is C24H25N3O3. The van der Waals surface area contributed by atoms with E-state index in [4.69, 9.17) is 9.47 Å². The summed E-state index contributed by atoms with van der Waals surface area (Å²) >= 11 is 0. The zero-order valence-corrected chi connectivity index (χ0v) is 17.0. The van der Waals surface area contributed by atoms with Crippen molar-refractivity contribution < 1.29 is 14.3 Å². The molecule has 0 radical (unpaired) electrons. The highest BCUT2D eigenvalue weighted by atomic mass is 16.5. The maximum absolute atomic E-state index is 11.9. The minimum Gasteiger partial charge on any atom is -0.494 e. The van der Waals surface area contributed by atoms with Crippen molar-refractivity contribution in [2.24, 2.45) is 0 Å². The monoisotopic (exact) mass is 403 g/mol. The number of anilines is 1. The van der Waals surface area contributed by atoms with E-state index in [0.717, 1.165) is 29.5 Å². The largest absolute Gasteiger partial charge is 0.494 e. The Labute approximate surface area is 176 Å². The molecule has 0 saturated carbocycles. The minimum absolute atomic E-state index is 0.221. The van der Waals surface area contributed by atoms with E-state index in [2.05, 4.69) is 34.4 Å². The summed E-state index contributed by atoms with van der Waals surface area (Å²) in [6, 6.07) is 16.6. The van der Waals surface area contributed by atoms with Gasteiger partial charge in [-0.2, -0.15) is 0 Å². The molecule has 0 bridgehead atoms. The molecule has 0 saturated heterocycles. The Morgan fingerprint density at radius 1 is 1.03 bits per heavy atom. The van der Waals surface area contributed by atoms with Crippen molar-refractivity contribution in [2.75, 3.05) is 25.1 Å². The molecular weight excluding hydrogens is 378 g/mol. The van der Waals surface area contributed by atoms with Crippen LogP contribution < -0.4 is 20.1 Å². The fraction of sp³-hybridized carbons (Fsp3) is 0.250. The van der Waals surface area contributed by atoms with Gasteiger partial charge in [0.05, 0.1) is 13.2 Å². The Morgan fingerprint density at radius 3 is 2.70 bits per heavy atom. The number of benzene rings is 2. The normalized spacial score (nSPS) is 10.0. The van der Waals surface area contributed by atoms with E-state index in [1.54, 1.807) is 18.3 Å². The summed E-state index contributed by atoms with van der Waals surface area (Å²) in [4.78, 5) is 16.3. The average Bonchev–Trinajstić information content (AvgIpc) is 2.77. The van der Waals surface area contributed by atoms with Gasteiger partial charge < -0.3 is 20.1 Å². The number of nitrogens with one attached hydrogen (secondary N) is 2. The van der Waals surface area contributed by atoms with Gasteiger partial charge in [-0.05, 0) is 42.8 Å². The summed E-state index contributed by atoms with van der Waals surface area (Å²) in [5.41, 5.74) is 1.50. The number of ether oxygens (including phenoxy) is 2. The smallest absolute Gasteiger partial charge is 0.319 e. The molecule has 6 heteroatoms. The van der Waals surface area contributed by atoms with Crippen LogP contribution >= 0.6 is 0 Å². The van der Waals surface area contributed by atoms with Crippen LogP contribution in [0.15, 0.2) is 60.8 Å². The Morgan fingerprint density at radius 2 is 1.87 bits per heavy atom. The van der Waals surface area contributed by atoms with Gasteiger partial charge in [0.1, 0.15) is 23.6 Å². The van der Waals surface area contributed by atoms with Gasteiger partial charge in [-0.3, -0.25) is 4.98 Å². The van der Waals surface area contributed by atoms with Gasteiger partial charge >= 0.3 is 6.03 Å². The molecule has 0 atom stereocenters. The number of amides is 2. The molecule has 0 aliphatic carbocycles. The SMILES string of the molecule is CCCCOc1ccc(NC(=O)NCC#CCOc2cccc3cccnc23)cc1. The molecule has 0 fully saturated rings. The Kier molecular flexibility index (Phi) is 7.93. The Bertz CT molecular complexity index is 1020. The average molecular weight is 403 g/mol. The number of nitrogens with zero attached hydrogens (tertiary/aromatic N) is 1. The van der Waals surface area contributed by atoms with Crippen LogP contribution in [0, 0.1) is 11.8 Å². The third-order valence-electron chi connectivity index (χ3n) is 4.24. The molecule has 30 heavy (non-hydrogen) atoms. The van der Waals surface area contributed by atoms with Gasteiger partial charge in [0, 0.05) is 17.3 Å². The molecule has 0 aliphatic heterocycles. The van der Waals surface area contributed by atoms with Crippen molar-refractivity contribution in [3.8, 4) is 23.3 Å². The van der Waals surface area contributed by atoms with Gasteiger partial charge in [-0.25, -0.2) is 4.79 Å². The first kappa shape index (κ1) is 21.0. The van der Waals surface area contributed by atoms with Gasteiger partial charge in [0.25, 0.3) is 0 Å². The van der Waals surface area contributed by atoms with Crippen LogP contribution in [-0.4, -0.2) is 30.8 Å². The minimum atomic E-state index is -0.317.